The summed E-state index contributed by atoms with van der Waals surface area (Å²) >= 11 is 0. The van der Waals surface area contributed by atoms with Crippen LogP contribution in [0.25, 0.3) is 0 Å². The summed E-state index contributed by atoms with van der Waals surface area (Å²) in [5.41, 5.74) is 2.80. The van der Waals surface area contributed by atoms with Crippen molar-refractivity contribution in [2.24, 2.45) is 0 Å². The van der Waals surface area contributed by atoms with E-state index in [9.17, 15) is 0 Å². The second kappa shape index (κ2) is 4.96. The minimum absolute atomic E-state index is 0.229. The van der Waals surface area contributed by atoms with Gasteiger partial charge in [0.25, 0.3) is 0 Å². The number of rotatable bonds is 4. The molecule has 1 aliphatic rings. The van der Waals surface area contributed by atoms with Gasteiger partial charge in [-0.15, -0.1) is 0 Å². The SMILES string of the molecule is CCN(C)CPC1(C)Nc2ccccc2C1C. The van der Waals surface area contributed by atoms with Crippen molar-refractivity contribution in [3.05, 3.63) is 29.8 Å². The molecular formula is C14H23N2P. The monoisotopic (exact) mass is 250 g/mol. The second-order valence-corrected chi connectivity index (χ2v) is 6.85. The smallest absolute Gasteiger partial charge is 0.0590 e. The summed E-state index contributed by atoms with van der Waals surface area (Å²) in [5.74, 6) is 0.599. The fraction of sp³-hybridized carbons (Fsp3) is 0.571. The maximum atomic E-state index is 3.73. The summed E-state index contributed by atoms with van der Waals surface area (Å²) in [6.45, 7) is 8.05. The predicted molar refractivity (Wildman–Crippen MR) is 78.4 cm³/mol. The first-order chi connectivity index (χ1) is 8.07. The first kappa shape index (κ1) is 12.9. The molecule has 0 aliphatic carbocycles. The molecule has 0 radical (unpaired) electrons. The second-order valence-electron chi connectivity index (χ2n) is 5.14. The molecule has 3 atom stereocenters. The van der Waals surface area contributed by atoms with Crippen molar-refractivity contribution in [1.29, 1.82) is 0 Å². The molecule has 2 nitrogen and oxygen atoms in total. The Kier molecular flexibility index (Phi) is 3.75. The lowest BCUT2D eigenvalue weighted by Crippen LogP contribution is -2.32. The molecule has 2 rings (SSSR count). The lowest BCUT2D eigenvalue weighted by atomic mass is 9.98. The van der Waals surface area contributed by atoms with Gasteiger partial charge in [0.15, 0.2) is 0 Å². The molecular weight excluding hydrogens is 227 g/mol. The number of hydrogen-bond donors (Lipinski definition) is 1. The van der Waals surface area contributed by atoms with Gasteiger partial charge in [0.2, 0.25) is 0 Å². The number of nitrogens with zero attached hydrogens (tertiary/aromatic N) is 1. The number of hydrogen-bond acceptors (Lipinski definition) is 2. The predicted octanol–water partition coefficient (Wildman–Crippen LogP) is 3.52. The summed E-state index contributed by atoms with van der Waals surface area (Å²) in [6, 6.07) is 8.72. The van der Waals surface area contributed by atoms with E-state index in [0.29, 0.717) is 5.92 Å². The Hall–Kier alpha value is -0.590. The standard InChI is InChI=1S/C14H23N2P/c1-5-16(4)10-17-14(3)11(2)12-8-6-7-9-13(12)15-14/h6-9,11,15,17H,5,10H2,1-4H3. The Balaban J connectivity index is 2.09. The van der Waals surface area contributed by atoms with E-state index in [4.69, 9.17) is 0 Å². The zero-order valence-corrected chi connectivity index (χ0v) is 12.2. The molecule has 3 unspecified atom stereocenters. The van der Waals surface area contributed by atoms with Crippen LogP contribution in [0.15, 0.2) is 24.3 Å². The van der Waals surface area contributed by atoms with Crippen LogP contribution in [0.5, 0.6) is 0 Å². The first-order valence-corrected chi connectivity index (χ1v) is 7.58. The van der Waals surface area contributed by atoms with E-state index in [1.165, 1.54) is 17.5 Å². The molecule has 0 saturated heterocycles. The van der Waals surface area contributed by atoms with Gasteiger partial charge in [-0.05, 0) is 32.1 Å². The molecule has 0 bridgehead atoms. The third-order valence-corrected chi connectivity index (χ3v) is 5.93. The van der Waals surface area contributed by atoms with E-state index in [1.54, 1.807) is 0 Å². The van der Waals surface area contributed by atoms with Crippen molar-refractivity contribution < 1.29 is 0 Å². The van der Waals surface area contributed by atoms with Crippen molar-refractivity contribution in [1.82, 2.24) is 4.90 Å². The number of para-hydroxylation sites is 1. The van der Waals surface area contributed by atoms with Crippen LogP contribution >= 0.6 is 8.58 Å². The summed E-state index contributed by atoms with van der Waals surface area (Å²) in [5, 5.41) is 3.96. The van der Waals surface area contributed by atoms with Gasteiger partial charge >= 0.3 is 0 Å². The van der Waals surface area contributed by atoms with Crippen molar-refractivity contribution in [2.45, 2.75) is 32.0 Å². The molecule has 1 aromatic rings. The Labute approximate surface area is 107 Å². The molecule has 1 aromatic carbocycles. The number of nitrogens with one attached hydrogen (secondary N) is 1. The third-order valence-electron chi connectivity index (χ3n) is 3.94. The fourth-order valence-corrected chi connectivity index (χ4v) is 3.80. The van der Waals surface area contributed by atoms with Gasteiger partial charge in [-0.2, -0.15) is 0 Å². The van der Waals surface area contributed by atoms with E-state index < -0.39 is 0 Å². The summed E-state index contributed by atoms with van der Waals surface area (Å²) in [4.78, 5) is 2.39. The Morgan fingerprint density at radius 2 is 2.12 bits per heavy atom. The number of anilines is 1. The molecule has 3 heteroatoms. The van der Waals surface area contributed by atoms with Gasteiger partial charge in [-0.1, -0.05) is 40.6 Å². The third kappa shape index (κ3) is 2.48. The minimum atomic E-state index is 0.229. The van der Waals surface area contributed by atoms with Crippen LogP contribution in [0.4, 0.5) is 5.69 Å². The molecule has 1 heterocycles. The highest BCUT2D eigenvalue weighted by atomic mass is 31.1. The van der Waals surface area contributed by atoms with Crippen molar-refractivity contribution in [2.75, 3.05) is 25.2 Å². The van der Waals surface area contributed by atoms with Gasteiger partial charge in [0, 0.05) is 17.9 Å². The van der Waals surface area contributed by atoms with Crippen molar-refractivity contribution in [3.63, 3.8) is 0 Å². The first-order valence-electron chi connectivity index (χ1n) is 6.37. The van der Waals surface area contributed by atoms with Crippen molar-refractivity contribution in [3.8, 4) is 0 Å². The molecule has 0 spiro atoms. The number of fused-ring (bicyclic) bond motifs is 1. The summed E-state index contributed by atoms with van der Waals surface area (Å²) in [7, 11) is 3.11. The quantitative estimate of drug-likeness (QED) is 0.822. The Bertz CT molecular complexity index is 394. The van der Waals surface area contributed by atoms with E-state index in [-0.39, 0.29) is 5.28 Å². The molecule has 94 valence electrons. The normalized spacial score (nSPS) is 27.7. The average Bonchev–Trinajstić information content (AvgIpc) is 2.60. The van der Waals surface area contributed by atoms with Gasteiger partial charge in [0.05, 0.1) is 5.28 Å². The zero-order valence-electron chi connectivity index (χ0n) is 11.2. The molecule has 17 heavy (non-hydrogen) atoms. The number of benzene rings is 1. The Morgan fingerprint density at radius 1 is 1.41 bits per heavy atom. The van der Waals surface area contributed by atoms with Gasteiger partial charge in [0.1, 0.15) is 0 Å². The zero-order chi connectivity index (χ0) is 12.5. The van der Waals surface area contributed by atoms with Crippen molar-refractivity contribution >= 4 is 14.3 Å². The van der Waals surface area contributed by atoms with Crippen LogP contribution in [0, 0.1) is 0 Å². The van der Waals surface area contributed by atoms with E-state index >= 15 is 0 Å². The minimum Gasteiger partial charge on any atom is -0.375 e. The maximum absolute atomic E-state index is 3.73. The van der Waals surface area contributed by atoms with E-state index in [2.05, 4.69) is 62.3 Å². The van der Waals surface area contributed by atoms with E-state index in [1.807, 2.05) is 0 Å². The van der Waals surface area contributed by atoms with Gasteiger partial charge in [-0.25, -0.2) is 0 Å². The molecule has 1 aliphatic heterocycles. The topological polar surface area (TPSA) is 15.3 Å². The molecule has 0 fully saturated rings. The fourth-order valence-electron chi connectivity index (χ4n) is 2.30. The molecule has 0 amide bonds. The maximum Gasteiger partial charge on any atom is 0.0590 e. The van der Waals surface area contributed by atoms with Crippen LogP contribution in [0.2, 0.25) is 0 Å². The highest BCUT2D eigenvalue weighted by molar-refractivity contribution is 7.40. The highest BCUT2D eigenvalue weighted by Crippen LogP contribution is 2.50. The lowest BCUT2D eigenvalue weighted by molar-refractivity contribution is 0.411. The van der Waals surface area contributed by atoms with Crippen LogP contribution in [-0.4, -0.2) is 30.1 Å². The van der Waals surface area contributed by atoms with E-state index in [0.717, 1.165) is 15.1 Å². The molecule has 0 aromatic heterocycles. The van der Waals surface area contributed by atoms with Crippen LogP contribution < -0.4 is 5.32 Å². The van der Waals surface area contributed by atoms with Gasteiger partial charge < -0.3 is 10.2 Å². The lowest BCUT2D eigenvalue weighted by Gasteiger charge is -2.32. The summed E-state index contributed by atoms with van der Waals surface area (Å²) < 4.78 is 0. The van der Waals surface area contributed by atoms with Crippen LogP contribution in [-0.2, 0) is 0 Å². The largest absolute Gasteiger partial charge is 0.375 e. The van der Waals surface area contributed by atoms with Gasteiger partial charge in [-0.3, -0.25) is 0 Å². The summed E-state index contributed by atoms with van der Waals surface area (Å²) in [6.07, 6.45) is 1.18. The molecule has 0 saturated carbocycles. The molecule has 1 N–H and O–H groups in total. The van der Waals surface area contributed by atoms with Crippen LogP contribution in [0.1, 0.15) is 32.3 Å². The highest BCUT2D eigenvalue weighted by Gasteiger charge is 2.38. The van der Waals surface area contributed by atoms with Crippen LogP contribution in [0.3, 0.4) is 0 Å². The average molecular weight is 250 g/mol. The Morgan fingerprint density at radius 3 is 2.76 bits per heavy atom.